The van der Waals surface area contributed by atoms with Crippen LogP contribution in [0, 0.1) is 5.92 Å². The van der Waals surface area contributed by atoms with Gasteiger partial charge in [-0.15, -0.1) is 0 Å². The van der Waals surface area contributed by atoms with E-state index < -0.39 is 0 Å². The fourth-order valence-corrected chi connectivity index (χ4v) is 2.51. The Kier molecular flexibility index (Phi) is 6.31. The number of anilines is 1. The van der Waals surface area contributed by atoms with Gasteiger partial charge in [-0.1, -0.05) is 22.9 Å². The quantitative estimate of drug-likeness (QED) is 0.839. The molecule has 1 aromatic carbocycles. The monoisotopic (exact) mass is 327 g/mol. The van der Waals surface area contributed by atoms with Gasteiger partial charge in [0.1, 0.15) is 0 Å². The van der Waals surface area contributed by atoms with Crippen molar-refractivity contribution in [1.82, 2.24) is 10.6 Å². The molecule has 0 fully saturated rings. The van der Waals surface area contributed by atoms with Crippen molar-refractivity contribution in [1.29, 1.82) is 0 Å². The highest BCUT2D eigenvalue weighted by Crippen LogP contribution is 2.24. The number of amides is 1. The van der Waals surface area contributed by atoms with Gasteiger partial charge in [0, 0.05) is 37.3 Å². The first kappa shape index (κ1) is 16.0. The lowest BCUT2D eigenvalue weighted by atomic mass is 10.1. The molecule has 0 spiro atoms. The number of carbonyl (C=O) groups is 1. The summed E-state index contributed by atoms with van der Waals surface area (Å²) in [4.78, 5) is 13.7. The topological polar surface area (TPSA) is 44.4 Å². The van der Waals surface area contributed by atoms with Crippen LogP contribution in [0.25, 0.3) is 0 Å². The SMILES string of the molecule is CNCc1cc(Br)ccc1N(C)CC(C)C(=O)NC. The van der Waals surface area contributed by atoms with Crippen molar-refractivity contribution in [3.63, 3.8) is 0 Å². The summed E-state index contributed by atoms with van der Waals surface area (Å²) in [5, 5.41) is 5.85. The number of rotatable bonds is 6. The largest absolute Gasteiger partial charge is 0.374 e. The summed E-state index contributed by atoms with van der Waals surface area (Å²) in [6.07, 6.45) is 0. The molecular formula is C14H22BrN3O. The molecule has 19 heavy (non-hydrogen) atoms. The van der Waals surface area contributed by atoms with E-state index in [1.54, 1.807) is 7.05 Å². The fourth-order valence-electron chi connectivity index (χ4n) is 2.10. The van der Waals surface area contributed by atoms with Gasteiger partial charge in [0.2, 0.25) is 5.91 Å². The first-order chi connectivity index (χ1) is 8.99. The molecule has 0 heterocycles. The Morgan fingerprint density at radius 3 is 2.68 bits per heavy atom. The van der Waals surface area contributed by atoms with Crippen molar-refractivity contribution in [2.24, 2.45) is 5.92 Å². The molecule has 5 heteroatoms. The standard InChI is InChI=1S/C14H22BrN3O/c1-10(14(19)17-3)9-18(4)13-6-5-12(15)7-11(13)8-16-2/h5-7,10,16H,8-9H2,1-4H3,(H,17,19). The number of benzene rings is 1. The zero-order chi connectivity index (χ0) is 14.4. The van der Waals surface area contributed by atoms with Gasteiger partial charge in [-0.3, -0.25) is 4.79 Å². The van der Waals surface area contributed by atoms with Gasteiger partial charge < -0.3 is 15.5 Å². The number of nitrogens with zero attached hydrogens (tertiary/aromatic N) is 1. The number of hydrogen-bond acceptors (Lipinski definition) is 3. The maximum absolute atomic E-state index is 11.6. The van der Waals surface area contributed by atoms with Crippen LogP contribution in [0.5, 0.6) is 0 Å². The van der Waals surface area contributed by atoms with Crippen LogP contribution in [0.1, 0.15) is 12.5 Å². The van der Waals surface area contributed by atoms with E-state index in [1.165, 1.54) is 5.56 Å². The van der Waals surface area contributed by atoms with Crippen molar-refractivity contribution in [2.45, 2.75) is 13.5 Å². The van der Waals surface area contributed by atoms with E-state index in [2.05, 4.69) is 43.6 Å². The van der Waals surface area contributed by atoms with Crippen LogP contribution in [-0.2, 0) is 11.3 Å². The zero-order valence-electron chi connectivity index (χ0n) is 12.0. The maximum atomic E-state index is 11.6. The molecule has 106 valence electrons. The van der Waals surface area contributed by atoms with Gasteiger partial charge in [-0.25, -0.2) is 0 Å². The molecule has 1 atom stereocenters. The lowest BCUT2D eigenvalue weighted by Gasteiger charge is -2.25. The van der Waals surface area contributed by atoms with Crippen molar-refractivity contribution >= 4 is 27.5 Å². The molecule has 0 bridgehead atoms. The second-order valence-corrected chi connectivity index (χ2v) is 5.61. The molecule has 1 rings (SSSR count). The first-order valence-electron chi connectivity index (χ1n) is 6.35. The van der Waals surface area contributed by atoms with E-state index in [-0.39, 0.29) is 11.8 Å². The number of hydrogen-bond donors (Lipinski definition) is 2. The number of halogens is 1. The van der Waals surface area contributed by atoms with Crippen molar-refractivity contribution in [3.05, 3.63) is 28.2 Å². The third-order valence-electron chi connectivity index (χ3n) is 3.06. The van der Waals surface area contributed by atoms with Gasteiger partial charge in [-0.2, -0.15) is 0 Å². The van der Waals surface area contributed by atoms with Crippen LogP contribution in [0.4, 0.5) is 5.69 Å². The van der Waals surface area contributed by atoms with Crippen LogP contribution in [0.3, 0.4) is 0 Å². The van der Waals surface area contributed by atoms with Gasteiger partial charge in [0.25, 0.3) is 0 Å². The van der Waals surface area contributed by atoms with Crippen LogP contribution < -0.4 is 15.5 Å². The van der Waals surface area contributed by atoms with Crippen LogP contribution in [0.2, 0.25) is 0 Å². The van der Waals surface area contributed by atoms with E-state index in [0.29, 0.717) is 6.54 Å². The summed E-state index contributed by atoms with van der Waals surface area (Å²) in [7, 11) is 5.62. The molecule has 0 aromatic heterocycles. The Hall–Kier alpha value is -1.07. The van der Waals surface area contributed by atoms with Crippen LogP contribution >= 0.6 is 15.9 Å². The summed E-state index contributed by atoms with van der Waals surface area (Å²) < 4.78 is 1.06. The average molecular weight is 328 g/mol. The highest BCUT2D eigenvalue weighted by molar-refractivity contribution is 9.10. The van der Waals surface area contributed by atoms with E-state index in [0.717, 1.165) is 16.7 Å². The number of nitrogens with one attached hydrogen (secondary N) is 2. The summed E-state index contributed by atoms with van der Waals surface area (Å²) in [5.74, 6) is 0.0280. The molecular weight excluding hydrogens is 306 g/mol. The zero-order valence-corrected chi connectivity index (χ0v) is 13.5. The summed E-state index contributed by atoms with van der Waals surface area (Å²) in [6, 6.07) is 6.20. The fraction of sp³-hybridized carbons (Fsp3) is 0.500. The molecule has 0 saturated carbocycles. The molecule has 1 amide bonds. The lowest BCUT2D eigenvalue weighted by molar-refractivity contribution is -0.123. The molecule has 0 radical (unpaired) electrons. The summed E-state index contributed by atoms with van der Waals surface area (Å²) in [5.41, 5.74) is 2.36. The Bertz CT molecular complexity index is 437. The van der Waals surface area contributed by atoms with Gasteiger partial charge in [-0.05, 0) is 30.8 Å². The molecule has 1 unspecified atom stereocenters. The Morgan fingerprint density at radius 2 is 2.11 bits per heavy atom. The highest BCUT2D eigenvalue weighted by Gasteiger charge is 2.15. The Labute approximate surface area is 123 Å². The Morgan fingerprint density at radius 1 is 1.42 bits per heavy atom. The highest BCUT2D eigenvalue weighted by atomic mass is 79.9. The summed E-state index contributed by atoms with van der Waals surface area (Å²) >= 11 is 3.49. The molecule has 1 aromatic rings. The average Bonchev–Trinajstić information content (AvgIpc) is 2.38. The third-order valence-corrected chi connectivity index (χ3v) is 3.55. The third kappa shape index (κ3) is 4.51. The predicted octanol–water partition coefficient (Wildman–Crippen LogP) is 1.99. The van der Waals surface area contributed by atoms with Crippen molar-refractivity contribution < 1.29 is 4.79 Å². The minimum Gasteiger partial charge on any atom is -0.374 e. The first-order valence-corrected chi connectivity index (χ1v) is 7.14. The normalized spacial score (nSPS) is 12.1. The van der Waals surface area contributed by atoms with E-state index in [9.17, 15) is 4.79 Å². The van der Waals surface area contributed by atoms with Crippen LogP contribution in [-0.4, -0.2) is 33.6 Å². The van der Waals surface area contributed by atoms with Crippen molar-refractivity contribution in [2.75, 3.05) is 32.6 Å². The van der Waals surface area contributed by atoms with Gasteiger partial charge in [0.15, 0.2) is 0 Å². The second kappa shape index (κ2) is 7.50. The summed E-state index contributed by atoms with van der Waals surface area (Å²) in [6.45, 7) is 3.43. The van der Waals surface area contributed by atoms with Crippen molar-refractivity contribution in [3.8, 4) is 0 Å². The van der Waals surface area contributed by atoms with E-state index >= 15 is 0 Å². The molecule has 4 nitrogen and oxygen atoms in total. The lowest BCUT2D eigenvalue weighted by Crippen LogP contribution is -2.34. The molecule has 0 aliphatic rings. The maximum Gasteiger partial charge on any atom is 0.224 e. The Balaban J connectivity index is 2.86. The van der Waals surface area contributed by atoms with Crippen LogP contribution in [0.15, 0.2) is 22.7 Å². The van der Waals surface area contributed by atoms with Gasteiger partial charge >= 0.3 is 0 Å². The molecule has 0 saturated heterocycles. The smallest absolute Gasteiger partial charge is 0.224 e. The molecule has 0 aliphatic heterocycles. The number of carbonyl (C=O) groups excluding carboxylic acids is 1. The minimum atomic E-state index is -0.0407. The van der Waals surface area contributed by atoms with Gasteiger partial charge in [0.05, 0.1) is 5.92 Å². The van der Waals surface area contributed by atoms with E-state index in [4.69, 9.17) is 0 Å². The second-order valence-electron chi connectivity index (χ2n) is 4.70. The minimum absolute atomic E-state index is 0.0407. The molecule has 0 aliphatic carbocycles. The predicted molar refractivity (Wildman–Crippen MR) is 83.4 cm³/mol. The van der Waals surface area contributed by atoms with E-state index in [1.807, 2.05) is 27.1 Å². The molecule has 2 N–H and O–H groups in total.